The number of imidazole rings is 1. The molecule has 0 saturated heterocycles. The summed E-state index contributed by atoms with van der Waals surface area (Å²) in [4.78, 5) is 12.4. The molecule has 1 unspecified atom stereocenters. The van der Waals surface area contributed by atoms with Crippen LogP contribution in [-0.4, -0.2) is 10.5 Å². The van der Waals surface area contributed by atoms with Crippen molar-refractivity contribution in [1.29, 1.82) is 0 Å². The highest BCUT2D eigenvalue weighted by atomic mass is 35.5. The van der Waals surface area contributed by atoms with Crippen LogP contribution in [0.25, 0.3) is 0 Å². The lowest BCUT2D eigenvalue weighted by molar-refractivity contribution is -0.704. The first-order chi connectivity index (χ1) is 18.2. The van der Waals surface area contributed by atoms with Gasteiger partial charge in [-0.15, -0.1) is 0 Å². The molecule has 0 aliphatic carbocycles. The minimum absolute atomic E-state index is 0.163. The number of aryl methyl sites for hydroxylation is 1. The molecular formula is C27H22Cl6N3O2+. The number of nitrogens with one attached hydrogen (secondary N) is 1. The molecule has 198 valence electrons. The fourth-order valence-corrected chi connectivity index (χ4v) is 5.19. The van der Waals surface area contributed by atoms with E-state index in [2.05, 4.69) is 5.32 Å². The highest BCUT2D eigenvalue weighted by Gasteiger charge is 2.21. The summed E-state index contributed by atoms with van der Waals surface area (Å²) in [6.07, 6.45) is 5.55. The number of halogens is 6. The number of carbonyl (C=O) groups is 1. The van der Waals surface area contributed by atoms with Gasteiger partial charge in [0, 0.05) is 30.7 Å². The molecule has 1 amide bonds. The minimum atomic E-state index is -0.400. The van der Waals surface area contributed by atoms with E-state index in [0.29, 0.717) is 48.9 Å². The van der Waals surface area contributed by atoms with Crippen LogP contribution in [0, 0.1) is 0 Å². The number of aromatic nitrogens is 2. The van der Waals surface area contributed by atoms with Crippen molar-refractivity contribution >= 4 is 81.2 Å². The normalized spacial score (nSPS) is 11.9. The maximum absolute atomic E-state index is 12.4. The average molecular weight is 633 g/mol. The van der Waals surface area contributed by atoms with Crippen LogP contribution in [0.3, 0.4) is 0 Å². The predicted molar refractivity (Wildman–Crippen MR) is 155 cm³/mol. The number of hydrogen-bond acceptors (Lipinski definition) is 2. The molecule has 1 atom stereocenters. The highest BCUT2D eigenvalue weighted by Crippen LogP contribution is 2.31. The Hall–Kier alpha value is -1.96. The fraction of sp³-hybridized carbons (Fsp3) is 0.185. The Morgan fingerprint density at radius 3 is 2.21 bits per heavy atom. The first-order valence-electron chi connectivity index (χ1n) is 11.5. The Labute approximate surface area is 250 Å². The summed E-state index contributed by atoms with van der Waals surface area (Å²) in [6, 6.07) is 15.5. The molecule has 1 heterocycles. The Balaban J connectivity index is 1.42. The van der Waals surface area contributed by atoms with E-state index < -0.39 is 6.10 Å². The number of carbonyl (C=O) groups excluding carboxylic acids is 1. The van der Waals surface area contributed by atoms with Gasteiger partial charge in [0.2, 0.25) is 12.2 Å². The van der Waals surface area contributed by atoms with Gasteiger partial charge in [-0.3, -0.25) is 4.79 Å². The first-order valence-corrected chi connectivity index (χ1v) is 13.7. The molecular weight excluding hydrogens is 611 g/mol. The second-order valence-electron chi connectivity index (χ2n) is 8.47. The molecule has 1 aromatic heterocycles. The number of ether oxygens (including phenoxy) is 1. The maximum atomic E-state index is 12.4. The zero-order chi connectivity index (χ0) is 27.2. The molecule has 0 radical (unpaired) electrons. The van der Waals surface area contributed by atoms with E-state index in [-0.39, 0.29) is 18.9 Å². The molecule has 0 saturated carbocycles. The average Bonchev–Trinajstić information content (AvgIpc) is 3.31. The first kappa shape index (κ1) is 29.0. The van der Waals surface area contributed by atoms with E-state index in [9.17, 15) is 4.79 Å². The number of nitrogens with zero attached hydrogens (tertiary/aromatic N) is 2. The largest absolute Gasteiger partial charge is 0.365 e. The van der Waals surface area contributed by atoms with E-state index in [0.717, 1.165) is 11.1 Å². The molecule has 0 fully saturated rings. The summed E-state index contributed by atoms with van der Waals surface area (Å²) in [6.45, 7) is 1.19. The second-order valence-corrected chi connectivity index (χ2v) is 11.0. The standard InChI is InChI=1S/C27H21Cl6N3O2/c28-18-2-1-17(22(31)11-18)15-38-26(21-5-3-19(29)12-23(21)32)14-36-10-9-35(16-36)8-7-27(37)34-25-6-4-20(30)13-24(25)33/h1-6,9-13,16,26H,7-8,14-15H2/p+1. The molecule has 4 rings (SSSR count). The van der Waals surface area contributed by atoms with Crippen molar-refractivity contribution in [1.82, 2.24) is 4.57 Å². The van der Waals surface area contributed by atoms with Crippen LogP contribution in [0.15, 0.2) is 73.3 Å². The quantitative estimate of drug-likeness (QED) is 0.178. The third kappa shape index (κ3) is 8.03. The van der Waals surface area contributed by atoms with E-state index in [1.165, 1.54) is 0 Å². The maximum Gasteiger partial charge on any atom is 0.243 e. The van der Waals surface area contributed by atoms with E-state index in [4.69, 9.17) is 74.3 Å². The van der Waals surface area contributed by atoms with Crippen molar-refractivity contribution < 1.29 is 14.1 Å². The molecule has 38 heavy (non-hydrogen) atoms. The SMILES string of the molecule is O=C(CCn1cc[n+](CC(OCc2ccc(Cl)cc2Cl)c2ccc(Cl)cc2Cl)c1)Nc1ccc(Cl)cc1Cl. The van der Waals surface area contributed by atoms with Crippen molar-refractivity contribution in [2.24, 2.45) is 0 Å². The number of hydrogen-bond donors (Lipinski definition) is 1. The summed E-state index contributed by atoms with van der Waals surface area (Å²) in [5, 5.41) is 5.81. The topological polar surface area (TPSA) is 47.1 Å². The van der Waals surface area contributed by atoms with Gasteiger partial charge in [-0.2, -0.15) is 0 Å². The van der Waals surface area contributed by atoms with Gasteiger partial charge in [0.15, 0.2) is 0 Å². The number of rotatable bonds is 10. The second kappa shape index (κ2) is 13.4. The van der Waals surface area contributed by atoms with E-state index in [1.807, 2.05) is 40.0 Å². The van der Waals surface area contributed by atoms with Crippen molar-refractivity contribution in [3.05, 3.63) is 115 Å². The summed E-state index contributed by atoms with van der Waals surface area (Å²) < 4.78 is 10.2. The van der Waals surface area contributed by atoms with Crippen molar-refractivity contribution in [3.8, 4) is 0 Å². The van der Waals surface area contributed by atoms with Gasteiger partial charge in [0.1, 0.15) is 25.0 Å². The zero-order valence-corrected chi connectivity index (χ0v) is 24.3. The molecule has 3 aromatic carbocycles. The van der Waals surface area contributed by atoms with Crippen LogP contribution in [-0.2, 0) is 29.2 Å². The van der Waals surface area contributed by atoms with E-state index in [1.54, 1.807) is 42.5 Å². The number of benzene rings is 3. The van der Waals surface area contributed by atoms with Crippen molar-refractivity contribution in [2.75, 3.05) is 5.32 Å². The van der Waals surface area contributed by atoms with Crippen LogP contribution in [0.2, 0.25) is 30.1 Å². The Morgan fingerprint density at radius 1 is 0.868 bits per heavy atom. The lowest BCUT2D eigenvalue weighted by Gasteiger charge is -2.19. The molecule has 4 aromatic rings. The monoisotopic (exact) mass is 630 g/mol. The van der Waals surface area contributed by atoms with Crippen LogP contribution in [0.5, 0.6) is 0 Å². The predicted octanol–water partition coefficient (Wildman–Crippen LogP) is 8.68. The Kier molecular flexibility index (Phi) is 10.2. The van der Waals surface area contributed by atoms with Gasteiger partial charge in [-0.1, -0.05) is 81.7 Å². The van der Waals surface area contributed by atoms with Crippen molar-refractivity contribution in [3.63, 3.8) is 0 Å². The van der Waals surface area contributed by atoms with Crippen LogP contribution in [0.1, 0.15) is 23.7 Å². The summed E-state index contributed by atoms with van der Waals surface area (Å²) in [5.74, 6) is -0.163. The molecule has 5 nitrogen and oxygen atoms in total. The van der Waals surface area contributed by atoms with Gasteiger partial charge in [0.25, 0.3) is 0 Å². The lowest BCUT2D eigenvalue weighted by atomic mass is 10.1. The molecule has 0 bridgehead atoms. The molecule has 0 aliphatic rings. The molecule has 0 spiro atoms. The lowest BCUT2D eigenvalue weighted by Crippen LogP contribution is -2.35. The highest BCUT2D eigenvalue weighted by molar-refractivity contribution is 6.37. The zero-order valence-electron chi connectivity index (χ0n) is 19.8. The van der Waals surface area contributed by atoms with Gasteiger partial charge >= 0.3 is 0 Å². The minimum Gasteiger partial charge on any atom is -0.365 e. The van der Waals surface area contributed by atoms with Gasteiger partial charge in [-0.25, -0.2) is 9.13 Å². The van der Waals surface area contributed by atoms with Gasteiger partial charge in [-0.05, 0) is 48.0 Å². The fourth-order valence-electron chi connectivity index (χ4n) is 3.74. The Bertz CT molecular complexity index is 1440. The van der Waals surface area contributed by atoms with Crippen LogP contribution < -0.4 is 9.88 Å². The Morgan fingerprint density at radius 2 is 1.53 bits per heavy atom. The van der Waals surface area contributed by atoms with Crippen LogP contribution >= 0.6 is 69.6 Å². The van der Waals surface area contributed by atoms with Gasteiger partial charge < -0.3 is 10.1 Å². The molecule has 1 N–H and O–H groups in total. The van der Waals surface area contributed by atoms with E-state index >= 15 is 0 Å². The molecule has 11 heteroatoms. The third-order valence-corrected chi connectivity index (χ3v) is 7.39. The smallest absolute Gasteiger partial charge is 0.243 e. The van der Waals surface area contributed by atoms with Crippen molar-refractivity contribution in [2.45, 2.75) is 32.2 Å². The number of amides is 1. The summed E-state index contributed by atoms with van der Waals surface area (Å²) >= 11 is 37.0. The molecule has 0 aliphatic heterocycles. The third-order valence-electron chi connectivity index (χ3n) is 5.69. The van der Waals surface area contributed by atoms with Crippen LogP contribution in [0.4, 0.5) is 5.69 Å². The summed E-state index contributed by atoms with van der Waals surface area (Å²) in [7, 11) is 0. The van der Waals surface area contributed by atoms with Gasteiger partial charge in [0.05, 0.1) is 30.3 Å². The number of anilines is 1. The summed E-state index contributed by atoms with van der Waals surface area (Å²) in [5.41, 5.74) is 2.12.